The molecule has 1 atom stereocenters. The molecule has 14 heavy (non-hydrogen) atoms. The van der Waals surface area contributed by atoms with Crippen LogP contribution in [-0.4, -0.2) is 29.5 Å². The van der Waals surface area contributed by atoms with Gasteiger partial charge in [0.05, 0.1) is 23.4 Å². The molecule has 3 nitrogen and oxygen atoms in total. The van der Waals surface area contributed by atoms with Crippen molar-refractivity contribution in [3.63, 3.8) is 0 Å². The Bertz CT molecular complexity index is 304. The first-order chi connectivity index (χ1) is 6.65. The van der Waals surface area contributed by atoms with Crippen LogP contribution in [0.4, 0.5) is 5.69 Å². The average Bonchev–Trinajstić information content (AvgIpc) is 2.20. The van der Waals surface area contributed by atoms with Gasteiger partial charge >= 0.3 is 0 Å². The minimum Gasteiger partial charge on any atom is -0.394 e. The second-order valence-corrected chi connectivity index (χ2v) is 3.53. The first-order valence-corrected chi connectivity index (χ1v) is 4.81. The van der Waals surface area contributed by atoms with Crippen LogP contribution >= 0.6 is 11.6 Å². The van der Waals surface area contributed by atoms with Crippen LogP contribution in [0.15, 0.2) is 18.2 Å². The Balaban J connectivity index is 2.63. The Labute approximate surface area is 88.3 Å². The molecule has 78 valence electrons. The SMILES string of the molecule is Cc1cccc(NC[C@H](O)CO)c1Cl. The lowest BCUT2D eigenvalue weighted by atomic mass is 10.2. The third kappa shape index (κ3) is 2.87. The normalized spacial score (nSPS) is 12.6. The lowest BCUT2D eigenvalue weighted by Crippen LogP contribution is -2.23. The highest BCUT2D eigenvalue weighted by molar-refractivity contribution is 6.33. The number of rotatable bonds is 4. The van der Waals surface area contributed by atoms with Gasteiger partial charge in [-0.3, -0.25) is 0 Å². The molecule has 0 saturated carbocycles. The highest BCUT2D eigenvalue weighted by Gasteiger charge is 2.05. The summed E-state index contributed by atoms with van der Waals surface area (Å²) in [4.78, 5) is 0. The van der Waals surface area contributed by atoms with Gasteiger partial charge in [-0.2, -0.15) is 0 Å². The zero-order valence-corrected chi connectivity index (χ0v) is 8.75. The van der Waals surface area contributed by atoms with Crippen molar-refractivity contribution >= 4 is 17.3 Å². The molecule has 1 aromatic rings. The van der Waals surface area contributed by atoms with Gasteiger partial charge in [-0.1, -0.05) is 23.7 Å². The van der Waals surface area contributed by atoms with Gasteiger partial charge in [0, 0.05) is 6.54 Å². The van der Waals surface area contributed by atoms with E-state index in [4.69, 9.17) is 21.8 Å². The average molecular weight is 216 g/mol. The van der Waals surface area contributed by atoms with Gasteiger partial charge in [-0.25, -0.2) is 0 Å². The number of hydrogen-bond acceptors (Lipinski definition) is 3. The number of anilines is 1. The quantitative estimate of drug-likeness (QED) is 0.712. The lowest BCUT2D eigenvalue weighted by Gasteiger charge is -2.12. The van der Waals surface area contributed by atoms with Crippen molar-refractivity contribution < 1.29 is 10.2 Å². The molecular weight excluding hydrogens is 202 g/mol. The summed E-state index contributed by atoms with van der Waals surface area (Å²) in [5.74, 6) is 0. The summed E-state index contributed by atoms with van der Waals surface area (Å²) >= 11 is 6.01. The maximum Gasteiger partial charge on any atom is 0.0942 e. The monoisotopic (exact) mass is 215 g/mol. The molecule has 0 bridgehead atoms. The highest BCUT2D eigenvalue weighted by atomic mass is 35.5. The number of aliphatic hydroxyl groups is 2. The summed E-state index contributed by atoms with van der Waals surface area (Å²) < 4.78 is 0. The fourth-order valence-corrected chi connectivity index (χ4v) is 1.27. The van der Waals surface area contributed by atoms with E-state index in [0.717, 1.165) is 11.3 Å². The highest BCUT2D eigenvalue weighted by Crippen LogP contribution is 2.24. The zero-order valence-electron chi connectivity index (χ0n) is 8.00. The summed E-state index contributed by atoms with van der Waals surface area (Å²) in [7, 11) is 0. The van der Waals surface area contributed by atoms with Crippen LogP contribution in [0.5, 0.6) is 0 Å². The largest absolute Gasteiger partial charge is 0.394 e. The Hall–Kier alpha value is -0.770. The van der Waals surface area contributed by atoms with Crippen LogP contribution < -0.4 is 5.32 Å². The maximum atomic E-state index is 9.12. The van der Waals surface area contributed by atoms with Crippen LogP contribution in [0.2, 0.25) is 5.02 Å². The molecule has 0 heterocycles. The van der Waals surface area contributed by atoms with Crippen molar-refractivity contribution in [2.24, 2.45) is 0 Å². The van der Waals surface area contributed by atoms with Crippen molar-refractivity contribution in [1.29, 1.82) is 0 Å². The Morgan fingerprint density at radius 3 is 2.86 bits per heavy atom. The predicted octanol–water partition coefficient (Wildman–Crippen LogP) is 1.41. The Morgan fingerprint density at radius 1 is 1.50 bits per heavy atom. The number of aliphatic hydroxyl groups excluding tert-OH is 2. The molecular formula is C10H14ClNO2. The van der Waals surface area contributed by atoms with Crippen LogP contribution in [0.1, 0.15) is 5.56 Å². The molecule has 0 aliphatic heterocycles. The van der Waals surface area contributed by atoms with E-state index < -0.39 is 6.10 Å². The number of hydrogen-bond donors (Lipinski definition) is 3. The third-order valence-electron chi connectivity index (χ3n) is 1.93. The van der Waals surface area contributed by atoms with Crippen LogP contribution in [0.3, 0.4) is 0 Å². The Morgan fingerprint density at radius 2 is 2.21 bits per heavy atom. The Kier molecular flexibility index (Phi) is 4.20. The van der Waals surface area contributed by atoms with E-state index in [0.29, 0.717) is 11.6 Å². The van der Waals surface area contributed by atoms with Gasteiger partial charge in [-0.05, 0) is 18.6 Å². The van der Waals surface area contributed by atoms with Crippen LogP contribution in [0.25, 0.3) is 0 Å². The van der Waals surface area contributed by atoms with E-state index >= 15 is 0 Å². The van der Waals surface area contributed by atoms with Crippen LogP contribution in [0, 0.1) is 6.92 Å². The van der Waals surface area contributed by atoms with Gasteiger partial charge in [-0.15, -0.1) is 0 Å². The third-order valence-corrected chi connectivity index (χ3v) is 2.43. The van der Waals surface area contributed by atoms with Gasteiger partial charge < -0.3 is 15.5 Å². The smallest absolute Gasteiger partial charge is 0.0942 e. The molecule has 0 radical (unpaired) electrons. The van der Waals surface area contributed by atoms with E-state index in [1.165, 1.54) is 0 Å². The predicted molar refractivity (Wildman–Crippen MR) is 57.8 cm³/mol. The summed E-state index contributed by atoms with van der Waals surface area (Å²) in [6.45, 7) is 1.95. The number of aryl methyl sites for hydroxylation is 1. The van der Waals surface area contributed by atoms with Crippen molar-refractivity contribution in [2.45, 2.75) is 13.0 Å². The standard InChI is InChI=1S/C10H14ClNO2/c1-7-3-2-4-9(10(7)11)12-5-8(14)6-13/h2-4,8,12-14H,5-6H2,1H3/t8-/m0/s1. The molecule has 4 heteroatoms. The van der Waals surface area contributed by atoms with Crippen molar-refractivity contribution in [1.82, 2.24) is 0 Å². The minimum atomic E-state index is -0.758. The van der Waals surface area contributed by atoms with E-state index in [2.05, 4.69) is 5.32 Å². The number of benzene rings is 1. The summed E-state index contributed by atoms with van der Waals surface area (Å²) in [5.41, 5.74) is 1.76. The molecule has 1 rings (SSSR count). The van der Waals surface area contributed by atoms with E-state index in [1.54, 1.807) is 0 Å². The minimum absolute atomic E-state index is 0.254. The molecule has 0 spiro atoms. The molecule has 3 N–H and O–H groups in total. The van der Waals surface area contributed by atoms with Crippen molar-refractivity contribution in [2.75, 3.05) is 18.5 Å². The summed E-state index contributed by atoms with van der Waals surface area (Å²) in [5, 5.41) is 21.4. The van der Waals surface area contributed by atoms with Gasteiger partial charge in [0.2, 0.25) is 0 Å². The fourth-order valence-electron chi connectivity index (χ4n) is 1.08. The fraction of sp³-hybridized carbons (Fsp3) is 0.400. The summed E-state index contributed by atoms with van der Waals surface area (Å²) in [6.07, 6.45) is -0.758. The number of nitrogens with one attached hydrogen (secondary N) is 1. The zero-order chi connectivity index (χ0) is 10.6. The topological polar surface area (TPSA) is 52.5 Å². The van der Waals surface area contributed by atoms with E-state index in [9.17, 15) is 0 Å². The molecule has 0 saturated heterocycles. The number of halogens is 1. The van der Waals surface area contributed by atoms with Gasteiger partial charge in [0.1, 0.15) is 0 Å². The lowest BCUT2D eigenvalue weighted by molar-refractivity contribution is 0.105. The molecule has 0 amide bonds. The molecule has 1 aromatic carbocycles. The van der Waals surface area contributed by atoms with E-state index in [-0.39, 0.29) is 6.61 Å². The molecule has 0 unspecified atom stereocenters. The second kappa shape index (κ2) is 5.20. The maximum absolute atomic E-state index is 9.12. The van der Waals surface area contributed by atoms with Gasteiger partial charge in [0.25, 0.3) is 0 Å². The van der Waals surface area contributed by atoms with Crippen LogP contribution in [-0.2, 0) is 0 Å². The first-order valence-electron chi connectivity index (χ1n) is 4.43. The van der Waals surface area contributed by atoms with E-state index in [1.807, 2.05) is 25.1 Å². The molecule has 0 fully saturated rings. The molecule has 0 aliphatic rings. The molecule has 0 aliphatic carbocycles. The molecule has 0 aromatic heterocycles. The first kappa shape index (κ1) is 11.3. The second-order valence-electron chi connectivity index (χ2n) is 3.15. The van der Waals surface area contributed by atoms with Crippen molar-refractivity contribution in [3.8, 4) is 0 Å². The summed E-state index contributed by atoms with van der Waals surface area (Å²) in [6, 6.07) is 5.63. The van der Waals surface area contributed by atoms with Crippen molar-refractivity contribution in [3.05, 3.63) is 28.8 Å². The van der Waals surface area contributed by atoms with Gasteiger partial charge in [0.15, 0.2) is 0 Å².